The van der Waals surface area contributed by atoms with Crippen molar-refractivity contribution >= 4 is 6.03 Å². The number of hydrogen-bond donors (Lipinski definition) is 2. The molecule has 2 N–H and O–H groups in total. The van der Waals surface area contributed by atoms with Gasteiger partial charge in [-0.15, -0.1) is 0 Å². The lowest BCUT2D eigenvalue weighted by Crippen LogP contribution is -2.48. The van der Waals surface area contributed by atoms with Crippen LogP contribution in [0.1, 0.15) is 26.2 Å². The first kappa shape index (κ1) is 13.6. The summed E-state index contributed by atoms with van der Waals surface area (Å²) in [6.07, 6.45) is 3.22. The van der Waals surface area contributed by atoms with E-state index in [4.69, 9.17) is 4.74 Å². The van der Waals surface area contributed by atoms with Crippen LogP contribution in [0.25, 0.3) is 0 Å². The zero-order valence-corrected chi connectivity index (χ0v) is 11.5. The maximum atomic E-state index is 11.8. The fraction of sp³-hybridized carbons (Fsp3) is 0.923. The Kier molecular flexibility index (Phi) is 4.45. The minimum Gasteiger partial charge on any atom is -0.379 e. The summed E-state index contributed by atoms with van der Waals surface area (Å²) in [6, 6.07) is 0.140. The summed E-state index contributed by atoms with van der Waals surface area (Å²) in [5.41, 5.74) is 0.246. The van der Waals surface area contributed by atoms with Crippen molar-refractivity contribution in [1.29, 1.82) is 0 Å². The Labute approximate surface area is 109 Å². The Morgan fingerprint density at radius 2 is 2.17 bits per heavy atom. The third-order valence-electron chi connectivity index (χ3n) is 4.13. The van der Waals surface area contributed by atoms with E-state index in [0.29, 0.717) is 6.61 Å². The Morgan fingerprint density at radius 3 is 2.78 bits per heavy atom. The molecule has 0 saturated carbocycles. The molecule has 2 aliphatic rings. The highest BCUT2D eigenvalue weighted by Gasteiger charge is 2.29. The van der Waals surface area contributed by atoms with E-state index >= 15 is 0 Å². The minimum atomic E-state index is -0.0503. The fourth-order valence-electron chi connectivity index (χ4n) is 2.51. The number of carbonyl (C=O) groups excluding carboxylic acids is 1. The SMILES string of the molecule is CN1CCC(C)(CNC(=O)NC2CCOC2)CC1. The van der Waals surface area contributed by atoms with Gasteiger partial charge in [0.2, 0.25) is 0 Å². The maximum Gasteiger partial charge on any atom is 0.315 e. The zero-order valence-electron chi connectivity index (χ0n) is 11.5. The number of piperidine rings is 1. The molecule has 2 rings (SSSR count). The van der Waals surface area contributed by atoms with Gasteiger partial charge in [0.1, 0.15) is 0 Å². The van der Waals surface area contributed by atoms with Crippen LogP contribution in [0.5, 0.6) is 0 Å². The number of carbonyl (C=O) groups is 1. The molecule has 2 amide bonds. The van der Waals surface area contributed by atoms with Crippen LogP contribution in [0.3, 0.4) is 0 Å². The van der Waals surface area contributed by atoms with E-state index in [-0.39, 0.29) is 17.5 Å². The molecule has 0 radical (unpaired) electrons. The van der Waals surface area contributed by atoms with Gasteiger partial charge in [0.05, 0.1) is 12.6 Å². The van der Waals surface area contributed by atoms with Crippen LogP contribution in [0.2, 0.25) is 0 Å². The molecule has 5 heteroatoms. The minimum absolute atomic E-state index is 0.0503. The molecular formula is C13H25N3O2. The second-order valence-electron chi connectivity index (χ2n) is 6.00. The lowest BCUT2D eigenvalue weighted by molar-refractivity contribution is 0.137. The lowest BCUT2D eigenvalue weighted by Gasteiger charge is -2.38. The number of nitrogens with one attached hydrogen (secondary N) is 2. The summed E-state index contributed by atoms with van der Waals surface area (Å²) in [4.78, 5) is 14.1. The molecule has 2 heterocycles. The normalized spacial score (nSPS) is 28.0. The van der Waals surface area contributed by atoms with Gasteiger partial charge < -0.3 is 20.3 Å². The van der Waals surface area contributed by atoms with Crippen molar-refractivity contribution in [2.45, 2.75) is 32.2 Å². The summed E-state index contributed by atoms with van der Waals surface area (Å²) in [5, 5.41) is 5.97. The van der Waals surface area contributed by atoms with Crippen molar-refractivity contribution in [3.05, 3.63) is 0 Å². The maximum absolute atomic E-state index is 11.8. The van der Waals surface area contributed by atoms with E-state index in [1.54, 1.807) is 0 Å². The topological polar surface area (TPSA) is 53.6 Å². The van der Waals surface area contributed by atoms with E-state index < -0.39 is 0 Å². The predicted octanol–water partition coefficient (Wildman–Crippen LogP) is 0.806. The number of amides is 2. The monoisotopic (exact) mass is 255 g/mol. The molecule has 2 saturated heterocycles. The first-order valence-electron chi connectivity index (χ1n) is 6.88. The van der Waals surface area contributed by atoms with E-state index in [9.17, 15) is 4.79 Å². The summed E-state index contributed by atoms with van der Waals surface area (Å²) >= 11 is 0. The van der Waals surface area contributed by atoms with Gasteiger partial charge >= 0.3 is 6.03 Å². The van der Waals surface area contributed by atoms with Gasteiger partial charge in [0, 0.05) is 13.2 Å². The van der Waals surface area contributed by atoms with Crippen molar-refractivity contribution in [2.75, 3.05) is 39.9 Å². The van der Waals surface area contributed by atoms with Gasteiger partial charge in [-0.2, -0.15) is 0 Å². The van der Waals surface area contributed by atoms with Crippen LogP contribution >= 0.6 is 0 Å². The van der Waals surface area contributed by atoms with E-state index in [1.807, 2.05) is 0 Å². The van der Waals surface area contributed by atoms with Crippen LogP contribution in [-0.2, 0) is 4.74 Å². The number of likely N-dealkylation sites (tertiary alicyclic amines) is 1. The third-order valence-corrected chi connectivity index (χ3v) is 4.13. The second kappa shape index (κ2) is 5.89. The van der Waals surface area contributed by atoms with Gasteiger partial charge in [0.25, 0.3) is 0 Å². The number of ether oxygens (including phenoxy) is 1. The molecule has 104 valence electrons. The van der Waals surface area contributed by atoms with Gasteiger partial charge in [-0.1, -0.05) is 6.92 Å². The molecule has 2 aliphatic heterocycles. The quantitative estimate of drug-likeness (QED) is 0.784. The van der Waals surface area contributed by atoms with Crippen LogP contribution in [0.4, 0.5) is 4.79 Å². The molecular weight excluding hydrogens is 230 g/mol. The van der Waals surface area contributed by atoms with Crippen molar-refractivity contribution in [1.82, 2.24) is 15.5 Å². The van der Waals surface area contributed by atoms with Crippen molar-refractivity contribution in [2.24, 2.45) is 5.41 Å². The molecule has 0 aromatic heterocycles. The molecule has 0 spiro atoms. The average molecular weight is 255 g/mol. The van der Waals surface area contributed by atoms with Crippen LogP contribution in [0, 0.1) is 5.41 Å². The largest absolute Gasteiger partial charge is 0.379 e. The molecule has 2 fully saturated rings. The molecule has 0 aromatic carbocycles. The molecule has 1 atom stereocenters. The van der Waals surface area contributed by atoms with Gasteiger partial charge in [-0.3, -0.25) is 0 Å². The lowest BCUT2D eigenvalue weighted by atomic mass is 9.80. The third kappa shape index (κ3) is 3.85. The summed E-state index contributed by atoms with van der Waals surface area (Å²) < 4.78 is 5.24. The number of urea groups is 1. The Balaban J connectivity index is 1.68. The van der Waals surface area contributed by atoms with Crippen molar-refractivity contribution in [3.8, 4) is 0 Å². The Hall–Kier alpha value is -0.810. The number of nitrogens with zero attached hydrogens (tertiary/aromatic N) is 1. The Morgan fingerprint density at radius 1 is 1.44 bits per heavy atom. The predicted molar refractivity (Wildman–Crippen MR) is 70.6 cm³/mol. The first-order chi connectivity index (χ1) is 8.57. The Bertz CT molecular complexity index is 282. The van der Waals surface area contributed by atoms with E-state index in [0.717, 1.165) is 45.5 Å². The standard InChI is InChI=1S/C13H25N3O2/c1-13(4-6-16(2)7-5-13)10-14-12(17)15-11-3-8-18-9-11/h11H,3-10H2,1-2H3,(H2,14,15,17). The highest BCUT2D eigenvalue weighted by Crippen LogP contribution is 2.29. The number of hydrogen-bond acceptors (Lipinski definition) is 3. The second-order valence-corrected chi connectivity index (χ2v) is 6.00. The van der Waals surface area contributed by atoms with Crippen molar-refractivity contribution < 1.29 is 9.53 Å². The molecule has 1 unspecified atom stereocenters. The van der Waals surface area contributed by atoms with Crippen LogP contribution in [-0.4, -0.2) is 56.9 Å². The molecule has 5 nitrogen and oxygen atoms in total. The van der Waals surface area contributed by atoms with Crippen LogP contribution in [0.15, 0.2) is 0 Å². The summed E-state index contributed by atoms with van der Waals surface area (Å²) in [6.45, 7) is 6.68. The molecule has 0 bridgehead atoms. The van der Waals surface area contributed by atoms with Gasteiger partial charge in [0.15, 0.2) is 0 Å². The highest BCUT2D eigenvalue weighted by molar-refractivity contribution is 5.74. The van der Waals surface area contributed by atoms with Crippen molar-refractivity contribution in [3.63, 3.8) is 0 Å². The zero-order chi connectivity index (χ0) is 13.0. The highest BCUT2D eigenvalue weighted by atomic mass is 16.5. The average Bonchev–Trinajstić information content (AvgIpc) is 2.84. The van der Waals surface area contributed by atoms with E-state index in [1.165, 1.54) is 0 Å². The van der Waals surface area contributed by atoms with Gasteiger partial charge in [-0.25, -0.2) is 4.79 Å². The van der Waals surface area contributed by atoms with Crippen LogP contribution < -0.4 is 10.6 Å². The fourth-order valence-corrected chi connectivity index (χ4v) is 2.51. The smallest absolute Gasteiger partial charge is 0.315 e. The summed E-state index contributed by atoms with van der Waals surface area (Å²) in [7, 11) is 2.15. The molecule has 0 aliphatic carbocycles. The number of rotatable bonds is 3. The molecule has 0 aromatic rings. The van der Waals surface area contributed by atoms with Gasteiger partial charge in [-0.05, 0) is 44.8 Å². The van der Waals surface area contributed by atoms with E-state index in [2.05, 4.69) is 29.5 Å². The summed E-state index contributed by atoms with van der Waals surface area (Å²) in [5.74, 6) is 0. The first-order valence-corrected chi connectivity index (χ1v) is 6.88. The molecule has 18 heavy (non-hydrogen) atoms.